The Morgan fingerprint density at radius 1 is 0.614 bits per heavy atom. The molecule has 2 heterocycles. The second-order valence-corrected chi connectivity index (χ2v) is 12.5. The minimum absolute atomic E-state index is 0.0256. The first kappa shape index (κ1) is 26.0. The maximum atomic E-state index is 10.6. The number of para-hydroxylation sites is 2. The molecule has 4 nitrogen and oxygen atoms in total. The minimum atomic E-state index is -0.0256. The molecule has 0 unspecified atom stereocenters. The van der Waals surface area contributed by atoms with E-state index in [9.17, 15) is 5.26 Å². The summed E-state index contributed by atoms with van der Waals surface area (Å²) in [5, 5.41) is 26.2. The van der Waals surface area contributed by atoms with Gasteiger partial charge in [-0.1, -0.05) is 93.6 Å². The lowest BCUT2D eigenvalue weighted by molar-refractivity contribution is 0.591. The number of aromatic nitrogens is 2. The zero-order chi connectivity index (χ0) is 30.2. The van der Waals surface area contributed by atoms with Gasteiger partial charge in [-0.2, -0.15) is 5.26 Å². The van der Waals surface area contributed by atoms with Crippen molar-refractivity contribution in [2.45, 2.75) is 26.2 Å². The molecule has 0 bridgehead atoms. The van der Waals surface area contributed by atoms with Crippen molar-refractivity contribution in [3.63, 3.8) is 0 Å². The maximum Gasteiger partial charge on any atom is 0.101 e. The topological polar surface area (TPSA) is 57.5 Å². The SMILES string of the molecule is CC(C)(C)c1ccc2c(c1)c1c3ccccc3ccc1n2-c1c(C=N)ccc(C#N)c1-n1c2ccccc2c2ccccc21. The van der Waals surface area contributed by atoms with Crippen LogP contribution in [0.1, 0.15) is 37.5 Å². The van der Waals surface area contributed by atoms with Crippen molar-refractivity contribution in [1.29, 1.82) is 10.7 Å². The van der Waals surface area contributed by atoms with Gasteiger partial charge >= 0.3 is 0 Å². The van der Waals surface area contributed by atoms with Crippen LogP contribution >= 0.6 is 0 Å². The molecular weight excluding hydrogens is 536 g/mol. The fourth-order valence-corrected chi connectivity index (χ4v) is 6.92. The summed E-state index contributed by atoms with van der Waals surface area (Å²) in [4.78, 5) is 0. The number of hydrogen-bond donors (Lipinski definition) is 1. The normalized spacial score (nSPS) is 12.0. The summed E-state index contributed by atoms with van der Waals surface area (Å²) in [6, 6.07) is 42.7. The van der Waals surface area contributed by atoms with Gasteiger partial charge in [0.25, 0.3) is 0 Å². The third kappa shape index (κ3) is 3.60. The fourth-order valence-electron chi connectivity index (χ4n) is 6.92. The van der Waals surface area contributed by atoms with Crippen LogP contribution < -0.4 is 0 Å². The highest BCUT2D eigenvalue weighted by molar-refractivity contribution is 6.22. The monoisotopic (exact) mass is 566 g/mol. The second-order valence-electron chi connectivity index (χ2n) is 12.5. The van der Waals surface area contributed by atoms with E-state index in [0.29, 0.717) is 5.56 Å². The third-order valence-electron chi connectivity index (χ3n) is 9.01. The average molecular weight is 567 g/mol. The van der Waals surface area contributed by atoms with Crippen molar-refractivity contribution in [2.24, 2.45) is 0 Å². The molecule has 210 valence electrons. The molecule has 0 saturated carbocycles. The van der Waals surface area contributed by atoms with Gasteiger partial charge < -0.3 is 14.5 Å². The summed E-state index contributed by atoms with van der Waals surface area (Å²) in [6.07, 6.45) is 1.41. The first-order valence-electron chi connectivity index (χ1n) is 14.9. The van der Waals surface area contributed by atoms with Crippen LogP contribution in [0.3, 0.4) is 0 Å². The van der Waals surface area contributed by atoms with Gasteiger partial charge in [0.1, 0.15) is 6.07 Å². The van der Waals surface area contributed by atoms with Gasteiger partial charge in [0.2, 0.25) is 0 Å². The summed E-state index contributed by atoms with van der Waals surface area (Å²) in [5.74, 6) is 0. The van der Waals surface area contributed by atoms with E-state index < -0.39 is 0 Å². The lowest BCUT2D eigenvalue weighted by atomic mass is 9.86. The molecule has 0 fully saturated rings. The molecule has 0 aliphatic rings. The first-order valence-corrected chi connectivity index (χ1v) is 14.9. The molecule has 0 aliphatic carbocycles. The largest absolute Gasteiger partial charge is 0.308 e. The second kappa shape index (κ2) is 9.42. The van der Waals surface area contributed by atoms with E-state index in [1.807, 2.05) is 24.3 Å². The van der Waals surface area contributed by atoms with Crippen molar-refractivity contribution < 1.29 is 0 Å². The van der Waals surface area contributed by atoms with E-state index in [1.165, 1.54) is 27.9 Å². The smallest absolute Gasteiger partial charge is 0.101 e. The van der Waals surface area contributed by atoms with Gasteiger partial charge in [0, 0.05) is 33.3 Å². The number of rotatable bonds is 3. The highest BCUT2D eigenvalue weighted by Crippen LogP contribution is 2.43. The number of nitriles is 1. The van der Waals surface area contributed by atoms with E-state index >= 15 is 0 Å². The van der Waals surface area contributed by atoms with Crippen LogP contribution in [0, 0.1) is 16.7 Å². The Labute approximate surface area is 255 Å². The zero-order valence-corrected chi connectivity index (χ0v) is 24.9. The van der Waals surface area contributed by atoms with Gasteiger partial charge in [-0.05, 0) is 64.2 Å². The van der Waals surface area contributed by atoms with Crippen molar-refractivity contribution >= 4 is 60.6 Å². The Kier molecular flexibility index (Phi) is 5.57. The Bertz CT molecular complexity index is 2460. The lowest BCUT2D eigenvalue weighted by Crippen LogP contribution is -2.11. The van der Waals surface area contributed by atoms with Crippen molar-refractivity contribution in [3.8, 4) is 17.4 Å². The molecule has 8 rings (SSSR count). The van der Waals surface area contributed by atoms with Crippen molar-refractivity contribution in [3.05, 3.63) is 132 Å². The molecule has 1 N–H and O–H groups in total. The number of benzene rings is 6. The van der Waals surface area contributed by atoms with Crippen LogP contribution in [0.2, 0.25) is 0 Å². The van der Waals surface area contributed by atoms with Crippen LogP contribution in [-0.2, 0) is 5.41 Å². The van der Waals surface area contributed by atoms with Crippen molar-refractivity contribution in [2.75, 3.05) is 0 Å². The Hall–Kier alpha value is -5.66. The summed E-state index contributed by atoms with van der Waals surface area (Å²) < 4.78 is 4.50. The number of hydrogen-bond acceptors (Lipinski definition) is 2. The van der Waals surface area contributed by atoms with Crippen LogP contribution in [0.5, 0.6) is 0 Å². The van der Waals surface area contributed by atoms with E-state index in [2.05, 4.69) is 127 Å². The summed E-state index contributed by atoms with van der Waals surface area (Å²) >= 11 is 0. The standard InChI is InChI=1S/C40H30N4/c1-40(2,3)28-19-21-35-32(22-28)37-29-11-5-4-10-25(29)18-20-36(37)44(35)39-27(24-42)17-16-26(23-41)38(39)43-33-14-8-6-12-30(33)31-13-7-9-15-34(31)43/h4-22,24,42H,1-3H3. The number of nitrogens with one attached hydrogen (secondary N) is 1. The lowest BCUT2D eigenvalue weighted by Gasteiger charge is -2.21. The summed E-state index contributed by atoms with van der Waals surface area (Å²) in [5.41, 5.74) is 8.27. The highest BCUT2D eigenvalue weighted by Gasteiger charge is 2.25. The molecular formula is C40H30N4. The van der Waals surface area contributed by atoms with Crippen LogP contribution in [0.4, 0.5) is 0 Å². The van der Waals surface area contributed by atoms with Gasteiger partial charge in [-0.25, -0.2) is 0 Å². The predicted molar refractivity (Wildman–Crippen MR) is 184 cm³/mol. The molecule has 0 spiro atoms. The Morgan fingerprint density at radius 2 is 1.20 bits per heavy atom. The Balaban J connectivity index is 1.63. The number of nitrogens with zero attached hydrogens (tertiary/aromatic N) is 3. The van der Waals surface area contributed by atoms with Gasteiger partial charge in [0.05, 0.1) is 39.0 Å². The molecule has 0 radical (unpaired) electrons. The number of fused-ring (bicyclic) bond motifs is 8. The molecule has 44 heavy (non-hydrogen) atoms. The molecule has 2 aromatic heterocycles. The third-order valence-corrected chi connectivity index (χ3v) is 9.01. The van der Waals surface area contributed by atoms with Gasteiger partial charge in [0.15, 0.2) is 0 Å². The maximum absolute atomic E-state index is 10.6. The quantitative estimate of drug-likeness (QED) is 0.213. The molecule has 8 aromatic rings. The van der Waals surface area contributed by atoms with E-state index in [1.54, 1.807) is 0 Å². The fraction of sp³-hybridized carbons (Fsp3) is 0.100. The molecule has 0 saturated heterocycles. The highest BCUT2D eigenvalue weighted by atomic mass is 15.1. The van der Waals surface area contributed by atoms with Gasteiger partial charge in [-0.15, -0.1) is 0 Å². The predicted octanol–water partition coefficient (Wildman–Crippen LogP) is 10.2. The van der Waals surface area contributed by atoms with Gasteiger partial charge in [-0.3, -0.25) is 0 Å². The van der Waals surface area contributed by atoms with Crippen LogP contribution in [0.25, 0.3) is 65.8 Å². The Morgan fingerprint density at radius 3 is 1.86 bits per heavy atom. The minimum Gasteiger partial charge on any atom is -0.308 e. The molecule has 0 atom stereocenters. The van der Waals surface area contributed by atoms with E-state index in [0.717, 1.165) is 55.2 Å². The molecule has 4 heteroatoms. The zero-order valence-electron chi connectivity index (χ0n) is 24.9. The summed E-state index contributed by atoms with van der Waals surface area (Å²) in [7, 11) is 0. The van der Waals surface area contributed by atoms with Crippen LogP contribution in [0.15, 0.2) is 115 Å². The molecule has 0 amide bonds. The summed E-state index contributed by atoms with van der Waals surface area (Å²) in [6.45, 7) is 6.74. The van der Waals surface area contributed by atoms with Crippen molar-refractivity contribution in [1.82, 2.24) is 9.13 Å². The van der Waals surface area contributed by atoms with E-state index in [-0.39, 0.29) is 5.41 Å². The average Bonchev–Trinajstić information content (AvgIpc) is 3.56. The first-order chi connectivity index (χ1) is 21.4. The molecule has 0 aliphatic heterocycles. The molecule has 6 aromatic carbocycles. The van der Waals surface area contributed by atoms with Crippen LogP contribution in [-0.4, -0.2) is 15.3 Å². The van der Waals surface area contributed by atoms with E-state index in [4.69, 9.17) is 5.41 Å².